The Labute approximate surface area is 158 Å². The molecule has 28 heavy (non-hydrogen) atoms. The SMILES string of the molecule is C[C@H](OC(=O)c1cc([N+](=O)[O-])ccc1N(C)C)C(=O)Nc1ccc(F)c(F)c1. The van der Waals surface area contributed by atoms with Crippen LogP contribution in [0, 0.1) is 21.7 Å². The van der Waals surface area contributed by atoms with Crippen LogP contribution in [0.5, 0.6) is 0 Å². The lowest BCUT2D eigenvalue weighted by Crippen LogP contribution is -2.30. The molecule has 0 aliphatic carbocycles. The van der Waals surface area contributed by atoms with Gasteiger partial charge in [-0.05, 0) is 25.1 Å². The van der Waals surface area contributed by atoms with Gasteiger partial charge in [0.15, 0.2) is 17.7 Å². The summed E-state index contributed by atoms with van der Waals surface area (Å²) in [7, 11) is 3.27. The van der Waals surface area contributed by atoms with Crippen LogP contribution in [-0.2, 0) is 9.53 Å². The van der Waals surface area contributed by atoms with Crippen LogP contribution < -0.4 is 10.2 Å². The van der Waals surface area contributed by atoms with Gasteiger partial charge in [-0.25, -0.2) is 13.6 Å². The van der Waals surface area contributed by atoms with Crippen LogP contribution in [-0.4, -0.2) is 37.0 Å². The number of esters is 1. The third-order valence-electron chi connectivity index (χ3n) is 3.73. The Morgan fingerprint density at radius 2 is 1.82 bits per heavy atom. The molecule has 2 rings (SSSR count). The summed E-state index contributed by atoms with van der Waals surface area (Å²) < 4.78 is 31.2. The highest BCUT2D eigenvalue weighted by molar-refractivity contribution is 6.00. The molecular weight excluding hydrogens is 376 g/mol. The minimum Gasteiger partial charge on any atom is -0.449 e. The molecule has 1 N–H and O–H groups in total. The van der Waals surface area contributed by atoms with Gasteiger partial charge in [0, 0.05) is 38.0 Å². The van der Waals surface area contributed by atoms with Crippen molar-refractivity contribution in [3.05, 3.63) is 63.7 Å². The van der Waals surface area contributed by atoms with Crippen molar-refractivity contribution in [3.63, 3.8) is 0 Å². The fourth-order valence-electron chi connectivity index (χ4n) is 2.29. The van der Waals surface area contributed by atoms with Crippen LogP contribution in [0.2, 0.25) is 0 Å². The van der Waals surface area contributed by atoms with Crippen LogP contribution >= 0.6 is 0 Å². The Morgan fingerprint density at radius 1 is 1.14 bits per heavy atom. The van der Waals surface area contributed by atoms with Crippen LogP contribution in [0.25, 0.3) is 0 Å². The van der Waals surface area contributed by atoms with Gasteiger partial charge in [-0.3, -0.25) is 14.9 Å². The van der Waals surface area contributed by atoms with Crippen molar-refractivity contribution >= 4 is 28.9 Å². The molecule has 0 aromatic heterocycles. The van der Waals surface area contributed by atoms with Gasteiger partial charge in [-0.2, -0.15) is 0 Å². The van der Waals surface area contributed by atoms with Gasteiger partial charge in [0.2, 0.25) is 0 Å². The van der Waals surface area contributed by atoms with E-state index in [1.165, 1.54) is 19.1 Å². The molecule has 0 saturated heterocycles. The molecule has 2 aromatic carbocycles. The molecule has 148 valence electrons. The zero-order chi connectivity index (χ0) is 21.0. The number of benzene rings is 2. The number of non-ortho nitro benzene ring substituents is 1. The molecule has 0 fully saturated rings. The third-order valence-corrected chi connectivity index (χ3v) is 3.73. The standard InChI is InChI=1S/C18H17F2N3O5/c1-10(17(24)21-11-4-6-14(19)15(20)8-11)28-18(25)13-9-12(23(26)27)5-7-16(13)22(2)3/h4-10H,1-3H3,(H,21,24)/t10-/m0/s1. The fraction of sp³-hybridized carbons (Fsp3) is 0.222. The Kier molecular flexibility index (Phi) is 6.24. The Hall–Kier alpha value is -3.56. The van der Waals surface area contributed by atoms with Gasteiger partial charge in [0.25, 0.3) is 11.6 Å². The number of amides is 1. The van der Waals surface area contributed by atoms with Crippen molar-refractivity contribution in [3.8, 4) is 0 Å². The molecule has 0 heterocycles. The summed E-state index contributed by atoms with van der Waals surface area (Å²) in [6.45, 7) is 1.28. The van der Waals surface area contributed by atoms with Crippen molar-refractivity contribution in [1.82, 2.24) is 0 Å². The highest BCUT2D eigenvalue weighted by atomic mass is 19.2. The maximum absolute atomic E-state index is 13.2. The molecule has 10 heteroatoms. The van der Waals surface area contributed by atoms with Crippen LogP contribution in [0.1, 0.15) is 17.3 Å². The fourth-order valence-corrected chi connectivity index (χ4v) is 2.29. The van der Waals surface area contributed by atoms with Crippen LogP contribution in [0.4, 0.5) is 25.8 Å². The number of hydrogen-bond donors (Lipinski definition) is 1. The predicted molar refractivity (Wildman–Crippen MR) is 97.3 cm³/mol. The largest absolute Gasteiger partial charge is 0.449 e. The summed E-state index contributed by atoms with van der Waals surface area (Å²) in [5, 5.41) is 13.3. The number of carbonyl (C=O) groups is 2. The molecule has 8 nitrogen and oxygen atoms in total. The van der Waals surface area contributed by atoms with Crippen molar-refractivity contribution in [1.29, 1.82) is 0 Å². The number of rotatable bonds is 6. The Bertz CT molecular complexity index is 933. The Balaban J connectivity index is 2.16. The molecule has 0 spiro atoms. The summed E-state index contributed by atoms with van der Waals surface area (Å²) in [5.41, 5.74) is -0.0527. The van der Waals surface area contributed by atoms with E-state index in [1.807, 2.05) is 0 Å². The van der Waals surface area contributed by atoms with Gasteiger partial charge in [0.1, 0.15) is 0 Å². The van der Waals surface area contributed by atoms with Crippen LogP contribution in [0.15, 0.2) is 36.4 Å². The van der Waals surface area contributed by atoms with E-state index < -0.39 is 34.5 Å². The summed E-state index contributed by atoms with van der Waals surface area (Å²) in [6.07, 6.45) is -1.30. The first kappa shape index (κ1) is 20.7. The topological polar surface area (TPSA) is 102 Å². The summed E-state index contributed by atoms with van der Waals surface area (Å²) in [4.78, 5) is 36.5. The normalized spacial score (nSPS) is 11.5. The molecule has 0 aliphatic heterocycles. The van der Waals surface area contributed by atoms with E-state index in [0.717, 1.165) is 24.3 Å². The number of halogens is 2. The maximum Gasteiger partial charge on any atom is 0.341 e. The van der Waals surface area contributed by atoms with Gasteiger partial charge in [-0.1, -0.05) is 0 Å². The highest BCUT2D eigenvalue weighted by Gasteiger charge is 2.24. The maximum atomic E-state index is 13.2. The summed E-state index contributed by atoms with van der Waals surface area (Å²) in [5.74, 6) is -3.94. The molecular formula is C18H17F2N3O5. The minimum atomic E-state index is -1.30. The molecule has 2 aromatic rings. The molecule has 0 radical (unpaired) electrons. The molecule has 1 atom stereocenters. The number of nitro benzene ring substituents is 1. The lowest BCUT2D eigenvalue weighted by atomic mass is 10.1. The zero-order valence-electron chi connectivity index (χ0n) is 15.2. The third kappa shape index (κ3) is 4.78. The summed E-state index contributed by atoms with van der Waals surface area (Å²) >= 11 is 0. The van der Waals surface area contributed by atoms with E-state index in [-0.39, 0.29) is 16.9 Å². The smallest absolute Gasteiger partial charge is 0.341 e. The quantitative estimate of drug-likeness (QED) is 0.460. The van der Waals surface area contributed by atoms with Gasteiger partial charge >= 0.3 is 5.97 Å². The van der Waals surface area contributed by atoms with E-state index in [0.29, 0.717) is 5.69 Å². The van der Waals surface area contributed by atoms with Gasteiger partial charge in [-0.15, -0.1) is 0 Å². The lowest BCUT2D eigenvalue weighted by molar-refractivity contribution is -0.384. The van der Waals surface area contributed by atoms with Crippen molar-refractivity contribution in [2.75, 3.05) is 24.3 Å². The first-order chi connectivity index (χ1) is 13.1. The average molecular weight is 393 g/mol. The van der Waals surface area contributed by atoms with Crippen molar-refractivity contribution in [2.24, 2.45) is 0 Å². The van der Waals surface area contributed by atoms with E-state index >= 15 is 0 Å². The van der Waals surface area contributed by atoms with E-state index in [2.05, 4.69) is 5.32 Å². The van der Waals surface area contributed by atoms with Crippen molar-refractivity contribution < 1.29 is 28.0 Å². The van der Waals surface area contributed by atoms with E-state index in [4.69, 9.17) is 4.74 Å². The van der Waals surface area contributed by atoms with Crippen LogP contribution in [0.3, 0.4) is 0 Å². The Morgan fingerprint density at radius 3 is 2.39 bits per heavy atom. The molecule has 0 aliphatic rings. The number of nitro groups is 1. The predicted octanol–water partition coefficient (Wildman–Crippen LogP) is 3.12. The average Bonchev–Trinajstić information content (AvgIpc) is 2.63. The second kappa shape index (κ2) is 8.42. The number of anilines is 2. The molecule has 0 saturated carbocycles. The van der Waals surface area contributed by atoms with E-state index in [1.54, 1.807) is 19.0 Å². The second-order valence-corrected chi connectivity index (χ2v) is 6.02. The number of ether oxygens (including phenoxy) is 1. The lowest BCUT2D eigenvalue weighted by Gasteiger charge is -2.18. The number of hydrogen-bond acceptors (Lipinski definition) is 6. The number of nitrogens with one attached hydrogen (secondary N) is 1. The zero-order valence-corrected chi connectivity index (χ0v) is 15.2. The first-order valence-electron chi connectivity index (χ1n) is 8.02. The monoisotopic (exact) mass is 393 g/mol. The second-order valence-electron chi connectivity index (χ2n) is 6.02. The van der Waals surface area contributed by atoms with Gasteiger partial charge < -0.3 is 15.0 Å². The summed E-state index contributed by atoms with van der Waals surface area (Å²) in [6, 6.07) is 6.46. The molecule has 0 unspecified atom stereocenters. The van der Waals surface area contributed by atoms with Crippen molar-refractivity contribution in [2.45, 2.75) is 13.0 Å². The van der Waals surface area contributed by atoms with E-state index in [9.17, 15) is 28.5 Å². The first-order valence-corrected chi connectivity index (χ1v) is 8.02. The molecule has 0 bridgehead atoms. The minimum absolute atomic E-state index is 0.0175. The number of nitrogens with zero attached hydrogens (tertiary/aromatic N) is 2. The highest BCUT2D eigenvalue weighted by Crippen LogP contribution is 2.25. The van der Waals surface area contributed by atoms with Gasteiger partial charge in [0.05, 0.1) is 16.2 Å². The molecule has 1 amide bonds. The number of carbonyl (C=O) groups excluding carboxylic acids is 2.